The number of fused-ring (bicyclic) bond motifs is 6. The van der Waals surface area contributed by atoms with E-state index in [1.54, 1.807) is 13.2 Å². The number of nitrogens with zero attached hydrogens (tertiary/aromatic N) is 5. The van der Waals surface area contributed by atoms with Crippen molar-refractivity contribution >= 4 is 60.9 Å². The van der Waals surface area contributed by atoms with Crippen LogP contribution in [0.25, 0.3) is 11.1 Å². The molecule has 6 saturated carbocycles. The van der Waals surface area contributed by atoms with Crippen LogP contribution in [-0.4, -0.2) is 49.1 Å². The second-order valence-corrected chi connectivity index (χ2v) is 17.4. The van der Waals surface area contributed by atoms with Gasteiger partial charge >= 0.3 is 0 Å². The molecule has 55 heavy (non-hydrogen) atoms. The lowest BCUT2D eigenvalue weighted by molar-refractivity contribution is 0.0466. The van der Waals surface area contributed by atoms with Crippen LogP contribution in [-0.2, 0) is 12.8 Å². The van der Waals surface area contributed by atoms with E-state index in [0.29, 0.717) is 21.7 Å². The molecule has 8 aliphatic carbocycles. The van der Waals surface area contributed by atoms with Crippen LogP contribution in [0.5, 0.6) is 0 Å². The van der Waals surface area contributed by atoms with E-state index in [9.17, 15) is 0 Å². The molecule has 0 spiro atoms. The molecule has 0 atom stereocenters. The minimum atomic E-state index is 0. The lowest BCUT2D eigenvalue weighted by Crippen LogP contribution is -2.69. The quantitative estimate of drug-likeness (QED) is 0.117. The Hall–Kier alpha value is -3.27. The fraction of sp³-hybridized carbons (Fsp3) is 0.429. The second-order valence-electron chi connectivity index (χ2n) is 15.8. The topological polar surface area (TPSA) is 154 Å². The first kappa shape index (κ1) is 41.4. The van der Waals surface area contributed by atoms with Crippen LogP contribution in [0.2, 0.25) is 15.3 Å². The molecule has 8 aliphatic rings. The van der Waals surface area contributed by atoms with Crippen LogP contribution in [0, 0.1) is 0 Å². The number of benzene rings is 2. The molecule has 7 N–H and O–H groups in total. The summed E-state index contributed by atoms with van der Waals surface area (Å²) in [7, 11) is 4.47. The molecule has 0 saturated heterocycles. The van der Waals surface area contributed by atoms with Crippen molar-refractivity contribution in [2.75, 3.05) is 12.4 Å². The van der Waals surface area contributed by atoms with Gasteiger partial charge in [0.25, 0.3) is 0 Å². The highest BCUT2D eigenvalue weighted by molar-refractivity contribution is 7.03. The first-order chi connectivity index (χ1) is 25.8. The number of allylic oxidation sites excluding steroid dienone is 2. The normalized spacial score (nSPS) is 27.1. The van der Waals surface area contributed by atoms with Gasteiger partial charge in [-0.25, -0.2) is 19.9 Å². The number of hydrogen-bond acceptors (Lipinski definition) is 9. The highest BCUT2D eigenvalue weighted by Gasteiger charge is 2.55. The Morgan fingerprint density at radius 2 is 1.13 bits per heavy atom. The van der Waals surface area contributed by atoms with Crippen LogP contribution in [0.15, 0.2) is 77.8 Å². The maximum Gasteiger partial charge on any atom is 0.223 e. The summed E-state index contributed by atoms with van der Waals surface area (Å²) in [6, 6.07) is 16.6. The fourth-order valence-corrected chi connectivity index (χ4v) is 10.00. The molecule has 12 rings (SSSR count). The van der Waals surface area contributed by atoms with Gasteiger partial charge in [-0.15, -0.1) is 0 Å². The van der Waals surface area contributed by atoms with E-state index >= 15 is 0 Å². The van der Waals surface area contributed by atoms with Crippen molar-refractivity contribution in [1.82, 2.24) is 19.9 Å². The molecule has 2 aromatic carbocycles. The molecule has 290 valence electrons. The minimum absolute atomic E-state index is 0. The van der Waals surface area contributed by atoms with Gasteiger partial charge in [-0.05, 0) is 120 Å². The average Bonchev–Trinajstić information content (AvgIpc) is 3.75. The van der Waals surface area contributed by atoms with Gasteiger partial charge in [0.1, 0.15) is 0 Å². The van der Waals surface area contributed by atoms with E-state index in [0.717, 1.165) is 68.2 Å². The van der Waals surface area contributed by atoms with Crippen molar-refractivity contribution < 1.29 is 0 Å². The summed E-state index contributed by atoms with van der Waals surface area (Å²) in [5, 5.41) is 4.91. The molecular formula is C42H51Cl3N9P. The second kappa shape index (κ2) is 16.7. The maximum atomic E-state index is 6.44. The van der Waals surface area contributed by atoms with Gasteiger partial charge in [0.15, 0.2) is 0 Å². The van der Waals surface area contributed by atoms with Crippen molar-refractivity contribution in [3.8, 4) is 0 Å². The van der Waals surface area contributed by atoms with E-state index in [2.05, 4.69) is 82.6 Å². The first-order valence-electron chi connectivity index (χ1n) is 18.5. The number of hydrogen-bond donors (Lipinski definition) is 4. The number of anilines is 1. The monoisotopic (exact) mass is 817 g/mol. The summed E-state index contributed by atoms with van der Waals surface area (Å²) < 4.78 is 3.31. The van der Waals surface area contributed by atoms with Crippen molar-refractivity contribution in [2.24, 2.45) is 21.9 Å². The van der Waals surface area contributed by atoms with E-state index in [1.165, 1.54) is 54.1 Å². The van der Waals surface area contributed by atoms with Crippen LogP contribution in [0.3, 0.4) is 0 Å². The smallest absolute Gasteiger partial charge is 0.223 e. The van der Waals surface area contributed by atoms with Gasteiger partial charge in [0.2, 0.25) is 11.2 Å². The van der Waals surface area contributed by atoms with E-state index < -0.39 is 0 Å². The molecule has 0 amide bonds. The third-order valence-electron chi connectivity index (χ3n) is 11.5. The summed E-state index contributed by atoms with van der Waals surface area (Å²) >= 11 is 18.4. The van der Waals surface area contributed by atoms with Gasteiger partial charge in [0, 0.05) is 40.3 Å². The highest BCUT2D eigenvalue weighted by Crippen LogP contribution is 2.52. The van der Waals surface area contributed by atoms with Crippen molar-refractivity contribution in [3.05, 3.63) is 122 Å². The highest BCUT2D eigenvalue weighted by atomic mass is 35.5. The molecule has 2 heterocycles. The molecule has 6 fully saturated rings. The molecule has 0 unspecified atom stereocenters. The Morgan fingerprint density at radius 1 is 0.673 bits per heavy atom. The van der Waals surface area contributed by atoms with E-state index in [4.69, 9.17) is 57.0 Å². The third-order valence-corrected chi connectivity index (χ3v) is 12.2. The minimum Gasteiger partial charge on any atom is -0.349 e. The van der Waals surface area contributed by atoms with Crippen LogP contribution in [0.1, 0.15) is 105 Å². The fourth-order valence-electron chi connectivity index (χ4n) is 9.48. The largest absolute Gasteiger partial charge is 0.349 e. The van der Waals surface area contributed by atoms with E-state index in [-0.39, 0.29) is 34.9 Å². The van der Waals surface area contributed by atoms with Crippen LogP contribution in [0.4, 0.5) is 5.95 Å². The molecule has 0 aliphatic heterocycles. The molecule has 9 nitrogen and oxygen atoms in total. The lowest BCUT2D eigenvalue weighted by Gasteiger charge is -2.59. The number of aromatic nitrogens is 4. The Kier molecular flexibility index (Phi) is 12.5. The van der Waals surface area contributed by atoms with Gasteiger partial charge in [-0.1, -0.05) is 91.3 Å². The van der Waals surface area contributed by atoms with Crippen LogP contribution >= 0.6 is 43.8 Å². The predicted octanol–water partition coefficient (Wildman–Crippen LogP) is 9.65. The molecule has 2 aromatic heterocycles. The molecule has 0 radical (unpaired) electrons. The Balaban J connectivity index is 0.000000148. The number of nitrogens with one attached hydrogen (secondary N) is 1. The zero-order valence-corrected chi connectivity index (χ0v) is 33.8. The predicted molar refractivity (Wildman–Crippen MR) is 230 cm³/mol. The van der Waals surface area contributed by atoms with Crippen molar-refractivity contribution in [2.45, 2.75) is 107 Å². The molecule has 4 bridgehead atoms. The Bertz CT molecular complexity index is 2090. The molecular weight excluding hydrogens is 768 g/mol. The molecule has 13 heteroatoms. The van der Waals surface area contributed by atoms with Crippen LogP contribution < -0.4 is 22.5 Å². The molecule has 4 aromatic rings. The van der Waals surface area contributed by atoms with E-state index in [1.807, 2.05) is 12.1 Å². The first-order valence-corrected chi connectivity index (χ1v) is 20.1. The van der Waals surface area contributed by atoms with Gasteiger partial charge in [-0.2, -0.15) is 0 Å². The maximum absolute atomic E-state index is 6.44. The summed E-state index contributed by atoms with van der Waals surface area (Å²) in [6.45, 7) is 0. The van der Waals surface area contributed by atoms with Gasteiger partial charge < -0.3 is 22.5 Å². The van der Waals surface area contributed by atoms with Gasteiger partial charge in [0.05, 0.1) is 33.8 Å². The third kappa shape index (κ3) is 8.99. The van der Waals surface area contributed by atoms with Crippen molar-refractivity contribution in [1.29, 1.82) is 0 Å². The van der Waals surface area contributed by atoms with Crippen molar-refractivity contribution in [3.63, 3.8) is 0 Å². The number of halogens is 3. The summed E-state index contributed by atoms with van der Waals surface area (Å²) in [5.74, 6) is 0.661. The standard InChI is InChI=1S/C20H21ClN4.C13H8Cl2N2.C7H14N2.CH4NP.CH4/c21-16-10-23-18(25-20-9-3-8-19(22,11-20)12-20)24-17(16)15-7-6-13-4-1-2-5-14(13)15;14-11-7-16-13(15)17-12(11)10-6-5-8-3-1-2-4-9(8)10;8-6-2-1-3-7(9,4-6)5-6;1-2-3;/h1-2,4-5,7,10H,3,6,8-9,11-12,22H2,(H,23,24,25);1-4,6-7H,5H2;1-5,8-9H2;3H,1H3;1H4. The SMILES string of the molecule is C.CN=P.Clc1ncc(Cl)c(C2=CCc3ccccc32)n1.NC12CCCC(N)(C1)C2.NC12CCCC(Nc3ncc(Cl)c(C4=CCc5ccccc54)n3)(C1)C2. The Labute approximate surface area is 342 Å². The van der Waals surface area contributed by atoms with Gasteiger partial charge in [-0.3, -0.25) is 4.74 Å². The Morgan fingerprint density at radius 3 is 1.62 bits per heavy atom. The lowest BCUT2D eigenvalue weighted by atomic mass is 9.55. The summed E-state index contributed by atoms with van der Waals surface area (Å²) in [6.07, 6.45) is 20.6. The average molecular weight is 819 g/mol. The number of nitrogens with two attached hydrogens (primary N) is 3. The summed E-state index contributed by atoms with van der Waals surface area (Å²) in [5.41, 5.74) is 27.3. The number of rotatable bonds is 4. The zero-order chi connectivity index (χ0) is 38.1. The summed E-state index contributed by atoms with van der Waals surface area (Å²) in [4.78, 5) is 17.3. The zero-order valence-electron chi connectivity index (χ0n) is 30.5.